The largest absolute Gasteiger partial charge is 0.480 e. The molecule has 3 N–H and O–H groups in total. The highest BCUT2D eigenvalue weighted by atomic mass is 32.1. The summed E-state index contributed by atoms with van der Waals surface area (Å²) in [5.41, 5.74) is 0. The van der Waals surface area contributed by atoms with Crippen molar-refractivity contribution < 1.29 is 14.7 Å². The average molecular weight is 270 g/mol. The van der Waals surface area contributed by atoms with Gasteiger partial charge in [-0.2, -0.15) is 0 Å². The lowest BCUT2D eigenvalue weighted by atomic mass is 10.2. The number of thiophene rings is 1. The van der Waals surface area contributed by atoms with Crippen LogP contribution < -0.4 is 10.6 Å². The van der Waals surface area contributed by atoms with Gasteiger partial charge in [-0.05, 0) is 25.0 Å². The van der Waals surface area contributed by atoms with Crippen LogP contribution >= 0.6 is 11.3 Å². The van der Waals surface area contributed by atoms with Crippen molar-refractivity contribution in [1.29, 1.82) is 0 Å². The predicted octanol–water partition coefficient (Wildman–Crippen LogP) is 1.97. The topological polar surface area (TPSA) is 78.4 Å². The lowest BCUT2D eigenvalue weighted by Crippen LogP contribution is -2.45. The molecule has 6 heteroatoms. The minimum atomic E-state index is -1.02. The number of urea groups is 1. The van der Waals surface area contributed by atoms with Crippen molar-refractivity contribution in [1.82, 2.24) is 10.6 Å². The molecule has 1 aromatic rings. The van der Waals surface area contributed by atoms with Gasteiger partial charge in [-0.1, -0.05) is 13.8 Å². The van der Waals surface area contributed by atoms with Crippen molar-refractivity contribution in [3.05, 3.63) is 21.9 Å². The monoisotopic (exact) mass is 270 g/mol. The van der Waals surface area contributed by atoms with E-state index in [-0.39, 0.29) is 0 Å². The van der Waals surface area contributed by atoms with Crippen molar-refractivity contribution in [3.63, 3.8) is 0 Å². The van der Waals surface area contributed by atoms with E-state index in [1.54, 1.807) is 18.3 Å². The molecule has 18 heavy (non-hydrogen) atoms. The van der Waals surface area contributed by atoms with Gasteiger partial charge in [0.25, 0.3) is 0 Å². The van der Waals surface area contributed by atoms with Crippen LogP contribution in [0.4, 0.5) is 4.79 Å². The van der Waals surface area contributed by atoms with Crippen molar-refractivity contribution in [2.45, 2.75) is 39.3 Å². The van der Waals surface area contributed by atoms with Gasteiger partial charge in [-0.15, -0.1) is 11.3 Å². The number of carbonyl (C=O) groups is 2. The second-order valence-corrected chi connectivity index (χ2v) is 5.10. The number of aryl methyl sites for hydroxylation is 1. The van der Waals surface area contributed by atoms with E-state index >= 15 is 0 Å². The van der Waals surface area contributed by atoms with E-state index in [4.69, 9.17) is 5.11 Å². The first-order valence-electron chi connectivity index (χ1n) is 5.91. The van der Waals surface area contributed by atoms with Gasteiger partial charge in [0.05, 0.1) is 6.54 Å². The Labute approximate surface area is 110 Å². The first kappa shape index (κ1) is 14.5. The van der Waals surface area contributed by atoms with Crippen molar-refractivity contribution in [2.75, 3.05) is 0 Å². The third kappa shape index (κ3) is 4.37. The second-order valence-electron chi connectivity index (χ2n) is 3.85. The van der Waals surface area contributed by atoms with Gasteiger partial charge in [0.15, 0.2) is 0 Å². The molecule has 0 radical (unpaired) electrons. The predicted molar refractivity (Wildman–Crippen MR) is 70.8 cm³/mol. The van der Waals surface area contributed by atoms with Gasteiger partial charge in [0.1, 0.15) is 6.04 Å². The maximum absolute atomic E-state index is 11.5. The number of rotatable bonds is 6. The zero-order chi connectivity index (χ0) is 13.5. The molecule has 1 atom stereocenters. The lowest BCUT2D eigenvalue weighted by Gasteiger charge is -2.12. The number of hydrogen-bond donors (Lipinski definition) is 3. The average Bonchev–Trinajstić information content (AvgIpc) is 2.81. The van der Waals surface area contributed by atoms with E-state index in [2.05, 4.69) is 17.6 Å². The molecule has 0 saturated heterocycles. The molecule has 1 rings (SSSR count). The molecule has 0 spiro atoms. The molecule has 0 fully saturated rings. The van der Waals surface area contributed by atoms with Crippen molar-refractivity contribution in [2.24, 2.45) is 0 Å². The van der Waals surface area contributed by atoms with Crippen molar-refractivity contribution >= 4 is 23.3 Å². The van der Waals surface area contributed by atoms with E-state index in [1.807, 2.05) is 12.1 Å². The van der Waals surface area contributed by atoms with Gasteiger partial charge >= 0.3 is 12.0 Å². The van der Waals surface area contributed by atoms with E-state index in [9.17, 15) is 9.59 Å². The second kappa shape index (κ2) is 7.00. The molecular formula is C12H18N2O3S. The Morgan fingerprint density at radius 3 is 2.50 bits per heavy atom. The summed E-state index contributed by atoms with van der Waals surface area (Å²) in [7, 11) is 0. The number of aliphatic carboxylic acids is 1. The molecular weight excluding hydrogens is 252 g/mol. The van der Waals surface area contributed by atoms with Crippen molar-refractivity contribution in [3.8, 4) is 0 Å². The molecule has 5 nitrogen and oxygen atoms in total. The summed E-state index contributed by atoms with van der Waals surface area (Å²) in [6, 6.07) is 2.72. The minimum absolute atomic E-state index is 0.363. The Kier molecular flexibility index (Phi) is 5.64. The zero-order valence-electron chi connectivity index (χ0n) is 10.5. The van der Waals surface area contributed by atoms with Crippen LogP contribution in [0.25, 0.3) is 0 Å². The SMILES string of the molecule is CCc1ccc(CNC(=O)N[C@@H](CC)C(=O)O)s1. The van der Waals surface area contributed by atoms with Gasteiger partial charge in [0.2, 0.25) is 0 Å². The molecule has 0 aliphatic carbocycles. The summed E-state index contributed by atoms with van der Waals surface area (Å²) < 4.78 is 0. The number of carboxylic acid groups (broad SMARTS) is 1. The summed E-state index contributed by atoms with van der Waals surface area (Å²) in [6.07, 6.45) is 1.34. The summed E-state index contributed by atoms with van der Waals surface area (Å²) >= 11 is 1.65. The molecule has 0 saturated carbocycles. The van der Waals surface area contributed by atoms with Crippen LogP contribution in [0.2, 0.25) is 0 Å². The van der Waals surface area contributed by atoms with Crippen LogP contribution in [0.1, 0.15) is 30.0 Å². The highest BCUT2D eigenvalue weighted by molar-refractivity contribution is 7.11. The summed E-state index contributed by atoms with van der Waals surface area (Å²) in [5, 5.41) is 13.9. The molecule has 0 unspecified atom stereocenters. The van der Waals surface area contributed by atoms with Gasteiger partial charge in [-0.25, -0.2) is 9.59 Å². The summed E-state index contributed by atoms with van der Waals surface area (Å²) in [5.74, 6) is -1.02. The molecule has 2 amide bonds. The Hall–Kier alpha value is -1.56. The molecule has 0 aliphatic rings. The third-order valence-corrected chi connectivity index (χ3v) is 3.73. The molecule has 0 bridgehead atoms. The van der Waals surface area contributed by atoms with Crippen LogP contribution in [0, 0.1) is 0 Å². The normalized spacial score (nSPS) is 11.9. The number of amides is 2. The number of carboxylic acids is 1. The standard InChI is InChI=1S/C12H18N2O3S/c1-3-8-5-6-9(18-8)7-13-12(17)14-10(4-2)11(15)16/h5-6,10H,3-4,7H2,1-2H3,(H,15,16)(H2,13,14,17)/t10-/m0/s1. The lowest BCUT2D eigenvalue weighted by molar-refractivity contribution is -0.139. The third-order valence-electron chi connectivity index (χ3n) is 2.50. The number of carbonyl (C=O) groups excluding carboxylic acids is 1. The Bertz CT molecular complexity index is 417. The smallest absolute Gasteiger partial charge is 0.326 e. The number of nitrogens with one attached hydrogen (secondary N) is 2. The van der Waals surface area contributed by atoms with E-state index in [0.717, 1.165) is 11.3 Å². The summed E-state index contributed by atoms with van der Waals surface area (Å²) in [4.78, 5) is 24.6. The van der Waals surface area contributed by atoms with Crippen LogP contribution in [0.15, 0.2) is 12.1 Å². The molecule has 100 valence electrons. The van der Waals surface area contributed by atoms with Gasteiger partial charge in [0, 0.05) is 9.75 Å². The Morgan fingerprint density at radius 1 is 1.33 bits per heavy atom. The van der Waals surface area contributed by atoms with Gasteiger partial charge < -0.3 is 15.7 Å². The Morgan fingerprint density at radius 2 is 2.00 bits per heavy atom. The van der Waals surface area contributed by atoms with E-state index in [0.29, 0.717) is 13.0 Å². The maximum atomic E-state index is 11.5. The quantitative estimate of drug-likeness (QED) is 0.739. The minimum Gasteiger partial charge on any atom is -0.480 e. The van der Waals surface area contributed by atoms with Crippen LogP contribution in [-0.4, -0.2) is 23.1 Å². The maximum Gasteiger partial charge on any atom is 0.326 e. The highest BCUT2D eigenvalue weighted by Gasteiger charge is 2.17. The molecule has 1 aromatic heterocycles. The zero-order valence-corrected chi connectivity index (χ0v) is 11.3. The van der Waals surface area contributed by atoms with E-state index in [1.165, 1.54) is 4.88 Å². The van der Waals surface area contributed by atoms with Crippen LogP contribution in [0.3, 0.4) is 0 Å². The fourth-order valence-corrected chi connectivity index (χ4v) is 2.32. The number of hydrogen-bond acceptors (Lipinski definition) is 3. The highest BCUT2D eigenvalue weighted by Crippen LogP contribution is 2.16. The molecule has 0 aliphatic heterocycles. The van der Waals surface area contributed by atoms with Gasteiger partial charge in [-0.3, -0.25) is 0 Å². The molecule has 0 aromatic carbocycles. The fraction of sp³-hybridized carbons (Fsp3) is 0.500. The van der Waals surface area contributed by atoms with E-state index < -0.39 is 18.0 Å². The first-order valence-corrected chi connectivity index (χ1v) is 6.73. The molecule has 1 heterocycles. The Balaban J connectivity index is 2.38. The first-order chi connectivity index (χ1) is 8.56. The fourth-order valence-electron chi connectivity index (χ4n) is 1.42. The van der Waals surface area contributed by atoms with Crippen LogP contribution in [0.5, 0.6) is 0 Å². The summed E-state index contributed by atoms with van der Waals surface area (Å²) in [6.45, 7) is 4.22. The van der Waals surface area contributed by atoms with Crippen LogP contribution in [-0.2, 0) is 17.8 Å².